The quantitative estimate of drug-likeness (QED) is 0.915. The smallest absolute Gasteiger partial charge is 0.253 e. The molecular formula is C16H24N2O3S. The molecule has 1 N–H and O–H groups in total. The molecule has 5 nitrogen and oxygen atoms in total. The number of sulfone groups is 1. The van der Waals surface area contributed by atoms with E-state index in [0.29, 0.717) is 25.1 Å². The predicted molar refractivity (Wildman–Crippen MR) is 86.7 cm³/mol. The number of hydrogen-bond acceptors (Lipinski definition) is 4. The minimum absolute atomic E-state index is 0.0420. The van der Waals surface area contributed by atoms with Crippen LogP contribution in [0, 0.1) is 0 Å². The van der Waals surface area contributed by atoms with Crippen molar-refractivity contribution in [2.75, 3.05) is 18.8 Å². The van der Waals surface area contributed by atoms with Gasteiger partial charge in [-0.15, -0.1) is 0 Å². The van der Waals surface area contributed by atoms with Crippen LogP contribution in [0.3, 0.4) is 0 Å². The number of benzene rings is 1. The molecule has 1 aliphatic heterocycles. The summed E-state index contributed by atoms with van der Waals surface area (Å²) in [5.41, 5.74) is 0.539. The molecule has 2 rings (SSSR count). The minimum Gasteiger partial charge on any atom is -0.336 e. The van der Waals surface area contributed by atoms with Crippen molar-refractivity contribution in [1.29, 1.82) is 0 Å². The monoisotopic (exact) mass is 324 g/mol. The van der Waals surface area contributed by atoms with Crippen LogP contribution < -0.4 is 5.32 Å². The Kier molecular flexibility index (Phi) is 5.24. The Morgan fingerprint density at radius 2 is 1.73 bits per heavy atom. The average Bonchev–Trinajstić information content (AvgIpc) is 2.45. The van der Waals surface area contributed by atoms with Gasteiger partial charge in [-0.1, -0.05) is 6.92 Å². The Balaban J connectivity index is 2.15. The maximum absolute atomic E-state index is 12.5. The van der Waals surface area contributed by atoms with E-state index in [2.05, 4.69) is 19.2 Å². The van der Waals surface area contributed by atoms with Crippen molar-refractivity contribution in [3.05, 3.63) is 29.8 Å². The molecule has 1 aromatic carbocycles. The summed E-state index contributed by atoms with van der Waals surface area (Å²) < 4.78 is 24.0. The van der Waals surface area contributed by atoms with Crippen molar-refractivity contribution in [2.24, 2.45) is 0 Å². The fourth-order valence-corrected chi connectivity index (χ4v) is 4.19. The highest BCUT2D eigenvalue weighted by atomic mass is 32.2. The number of carbonyl (C=O) groups excluding carboxylic acids is 1. The number of rotatable bonds is 4. The zero-order valence-corrected chi connectivity index (χ0v) is 14.2. The van der Waals surface area contributed by atoms with Gasteiger partial charge in [-0.25, -0.2) is 8.42 Å². The molecule has 6 heteroatoms. The van der Waals surface area contributed by atoms with Gasteiger partial charge in [-0.3, -0.25) is 4.79 Å². The molecule has 1 saturated heterocycles. The van der Waals surface area contributed by atoms with E-state index < -0.39 is 9.84 Å². The summed E-state index contributed by atoms with van der Waals surface area (Å²) >= 11 is 0. The van der Waals surface area contributed by atoms with E-state index in [0.717, 1.165) is 0 Å². The lowest BCUT2D eigenvalue weighted by Gasteiger charge is -2.36. The van der Waals surface area contributed by atoms with Gasteiger partial charge in [0.2, 0.25) is 0 Å². The lowest BCUT2D eigenvalue weighted by molar-refractivity contribution is 0.0673. The lowest BCUT2D eigenvalue weighted by Crippen LogP contribution is -2.55. The molecule has 0 unspecified atom stereocenters. The molecule has 2 atom stereocenters. The maximum atomic E-state index is 12.5. The number of nitrogens with one attached hydrogen (secondary N) is 1. The van der Waals surface area contributed by atoms with Gasteiger partial charge in [0.15, 0.2) is 9.84 Å². The third-order valence-corrected chi connectivity index (χ3v) is 5.71. The highest BCUT2D eigenvalue weighted by molar-refractivity contribution is 7.91. The van der Waals surface area contributed by atoms with Crippen molar-refractivity contribution in [1.82, 2.24) is 10.2 Å². The first-order valence-corrected chi connectivity index (χ1v) is 9.37. The SMILES string of the molecule is CCCS(=O)(=O)c1ccc(C(=O)N2C[C@H](C)N[C@@H](C)C2)cc1. The van der Waals surface area contributed by atoms with Gasteiger partial charge < -0.3 is 10.2 Å². The second-order valence-electron chi connectivity index (χ2n) is 6.02. The Hall–Kier alpha value is -1.40. The molecule has 0 bridgehead atoms. The molecule has 122 valence electrons. The number of nitrogens with zero attached hydrogens (tertiary/aromatic N) is 1. The van der Waals surface area contributed by atoms with Crippen LogP contribution >= 0.6 is 0 Å². The fraction of sp³-hybridized carbons (Fsp3) is 0.562. The third-order valence-electron chi connectivity index (χ3n) is 3.78. The van der Waals surface area contributed by atoms with Crippen molar-refractivity contribution < 1.29 is 13.2 Å². The summed E-state index contributed by atoms with van der Waals surface area (Å²) in [6.07, 6.45) is 0.583. The van der Waals surface area contributed by atoms with Gasteiger partial charge in [0.25, 0.3) is 5.91 Å². The third kappa shape index (κ3) is 3.87. The highest BCUT2D eigenvalue weighted by Gasteiger charge is 2.25. The Bertz CT molecular complexity index is 615. The van der Waals surface area contributed by atoms with Gasteiger partial charge in [0, 0.05) is 30.7 Å². The topological polar surface area (TPSA) is 66.5 Å². The van der Waals surface area contributed by atoms with Crippen molar-refractivity contribution in [2.45, 2.75) is 44.2 Å². The summed E-state index contributed by atoms with van der Waals surface area (Å²) in [6.45, 7) is 7.27. The van der Waals surface area contributed by atoms with E-state index in [9.17, 15) is 13.2 Å². The van der Waals surface area contributed by atoms with Crippen LogP contribution in [-0.2, 0) is 9.84 Å². The van der Waals surface area contributed by atoms with E-state index in [1.54, 1.807) is 12.1 Å². The van der Waals surface area contributed by atoms with E-state index in [-0.39, 0.29) is 28.6 Å². The normalized spacial score (nSPS) is 22.6. The van der Waals surface area contributed by atoms with Crippen molar-refractivity contribution >= 4 is 15.7 Å². The number of carbonyl (C=O) groups is 1. The maximum Gasteiger partial charge on any atom is 0.253 e. The highest BCUT2D eigenvalue weighted by Crippen LogP contribution is 2.16. The van der Waals surface area contributed by atoms with E-state index in [1.165, 1.54) is 12.1 Å². The van der Waals surface area contributed by atoms with Crippen molar-refractivity contribution in [3.63, 3.8) is 0 Å². The molecular weight excluding hydrogens is 300 g/mol. The summed E-state index contributed by atoms with van der Waals surface area (Å²) in [7, 11) is -3.23. The molecule has 0 radical (unpaired) electrons. The predicted octanol–water partition coefficient (Wildman–Crippen LogP) is 1.69. The molecule has 1 amide bonds. The molecule has 0 aliphatic carbocycles. The fourth-order valence-electron chi connectivity index (χ4n) is 2.87. The summed E-state index contributed by atoms with van der Waals surface area (Å²) in [5, 5.41) is 3.39. The first-order valence-electron chi connectivity index (χ1n) is 7.71. The first kappa shape index (κ1) is 17.0. The second-order valence-corrected chi connectivity index (χ2v) is 8.13. The summed E-state index contributed by atoms with van der Waals surface area (Å²) in [5.74, 6) is 0.0901. The van der Waals surface area contributed by atoms with Gasteiger partial charge in [0.1, 0.15) is 0 Å². The van der Waals surface area contributed by atoms with Crippen LogP contribution in [0.2, 0.25) is 0 Å². The van der Waals surface area contributed by atoms with Gasteiger partial charge >= 0.3 is 0 Å². The molecule has 1 aromatic rings. The Morgan fingerprint density at radius 3 is 2.23 bits per heavy atom. The number of hydrogen-bond donors (Lipinski definition) is 1. The second kappa shape index (κ2) is 6.79. The van der Waals surface area contributed by atoms with Crippen LogP contribution in [0.1, 0.15) is 37.6 Å². The van der Waals surface area contributed by atoms with E-state index in [4.69, 9.17) is 0 Å². The average molecular weight is 324 g/mol. The van der Waals surface area contributed by atoms with E-state index in [1.807, 2.05) is 11.8 Å². The summed E-state index contributed by atoms with van der Waals surface area (Å²) in [4.78, 5) is 14.6. The molecule has 0 saturated carbocycles. The van der Waals surface area contributed by atoms with Gasteiger partial charge in [-0.05, 0) is 44.5 Å². The molecule has 1 heterocycles. The molecule has 0 spiro atoms. The van der Waals surface area contributed by atoms with Crippen LogP contribution in [0.15, 0.2) is 29.2 Å². The Morgan fingerprint density at radius 1 is 1.18 bits per heavy atom. The molecule has 0 aromatic heterocycles. The van der Waals surface area contributed by atoms with Crippen LogP contribution in [0.5, 0.6) is 0 Å². The van der Waals surface area contributed by atoms with E-state index >= 15 is 0 Å². The van der Waals surface area contributed by atoms with Gasteiger partial charge in [0.05, 0.1) is 10.6 Å². The standard InChI is InChI=1S/C16H24N2O3S/c1-4-9-22(20,21)15-7-5-14(6-8-15)16(19)18-10-12(2)17-13(3)11-18/h5-8,12-13,17H,4,9-11H2,1-3H3/t12-,13-/m0/s1. The van der Waals surface area contributed by atoms with Crippen LogP contribution in [0.4, 0.5) is 0 Å². The number of piperazine rings is 1. The molecule has 1 fully saturated rings. The zero-order chi connectivity index (χ0) is 16.3. The lowest BCUT2D eigenvalue weighted by atomic mass is 10.1. The largest absolute Gasteiger partial charge is 0.336 e. The van der Waals surface area contributed by atoms with Crippen molar-refractivity contribution in [3.8, 4) is 0 Å². The molecule has 22 heavy (non-hydrogen) atoms. The number of amides is 1. The summed E-state index contributed by atoms with van der Waals surface area (Å²) in [6, 6.07) is 6.82. The zero-order valence-electron chi connectivity index (χ0n) is 13.4. The van der Waals surface area contributed by atoms with Gasteiger partial charge in [-0.2, -0.15) is 0 Å². The minimum atomic E-state index is -3.23. The molecule has 1 aliphatic rings. The first-order chi connectivity index (χ1) is 10.3. The Labute approximate surface area is 132 Å². The van der Waals surface area contributed by atoms with Crippen LogP contribution in [0.25, 0.3) is 0 Å². The van der Waals surface area contributed by atoms with Crippen LogP contribution in [-0.4, -0.2) is 50.2 Å².